The molecule has 1 heterocycles. The van der Waals surface area contributed by atoms with Crippen molar-refractivity contribution in [1.29, 1.82) is 0 Å². The van der Waals surface area contributed by atoms with Crippen LogP contribution >= 0.6 is 15.9 Å². The Bertz CT molecular complexity index is 575. The minimum atomic E-state index is -0.0225. The van der Waals surface area contributed by atoms with Gasteiger partial charge in [-0.05, 0) is 40.5 Å². The van der Waals surface area contributed by atoms with E-state index >= 15 is 0 Å². The molecule has 0 amide bonds. The van der Waals surface area contributed by atoms with Gasteiger partial charge in [-0.3, -0.25) is 4.79 Å². The fraction of sp³-hybridized carbons (Fsp3) is 0.182. The topological polar surface area (TPSA) is 42.1 Å². The summed E-state index contributed by atoms with van der Waals surface area (Å²) >= 11 is 3.20. The van der Waals surface area contributed by atoms with Gasteiger partial charge in [-0.25, -0.2) is 0 Å². The van der Waals surface area contributed by atoms with E-state index < -0.39 is 0 Å². The van der Waals surface area contributed by atoms with Gasteiger partial charge in [0.25, 0.3) is 0 Å². The Morgan fingerprint density at radius 2 is 2.13 bits per heavy atom. The molecule has 0 aliphatic heterocycles. The van der Waals surface area contributed by atoms with Crippen molar-refractivity contribution in [2.24, 2.45) is 0 Å². The molecule has 0 spiro atoms. The summed E-state index contributed by atoms with van der Waals surface area (Å²) < 4.78 is 5.66. The first kappa shape index (κ1) is 10.2. The number of aromatic nitrogens is 1. The highest BCUT2D eigenvalue weighted by atomic mass is 79.9. The molecule has 1 N–H and O–H groups in total. The normalized spacial score (nSPS) is 10.6. The number of pyridine rings is 1. The molecular formula is C11H10BrNO2. The van der Waals surface area contributed by atoms with Crippen LogP contribution in [0, 0.1) is 6.92 Å². The van der Waals surface area contributed by atoms with Crippen LogP contribution in [-0.4, -0.2) is 12.1 Å². The second kappa shape index (κ2) is 3.70. The van der Waals surface area contributed by atoms with Crippen molar-refractivity contribution in [2.45, 2.75) is 6.92 Å². The van der Waals surface area contributed by atoms with Gasteiger partial charge in [0.1, 0.15) is 5.75 Å². The summed E-state index contributed by atoms with van der Waals surface area (Å²) in [5, 5.41) is 0.640. The highest BCUT2D eigenvalue weighted by Gasteiger charge is 2.06. The Hall–Kier alpha value is -1.29. The van der Waals surface area contributed by atoms with E-state index in [1.807, 2.05) is 13.0 Å². The zero-order valence-corrected chi connectivity index (χ0v) is 10.0. The summed E-state index contributed by atoms with van der Waals surface area (Å²) in [5.74, 6) is 0.698. The van der Waals surface area contributed by atoms with Gasteiger partial charge in [0, 0.05) is 6.20 Å². The van der Waals surface area contributed by atoms with Crippen molar-refractivity contribution < 1.29 is 4.74 Å². The summed E-state index contributed by atoms with van der Waals surface area (Å²) in [7, 11) is 1.59. The van der Waals surface area contributed by atoms with Crippen molar-refractivity contribution in [3.05, 3.63) is 38.6 Å². The maximum absolute atomic E-state index is 11.8. The number of H-pyrrole nitrogens is 1. The third-order valence-electron chi connectivity index (χ3n) is 2.35. The summed E-state index contributed by atoms with van der Waals surface area (Å²) in [6, 6.07) is 3.64. The molecule has 0 atom stereocenters. The second-order valence-electron chi connectivity index (χ2n) is 3.33. The molecule has 1 aromatic carbocycles. The van der Waals surface area contributed by atoms with Crippen molar-refractivity contribution in [1.82, 2.24) is 4.98 Å². The summed E-state index contributed by atoms with van der Waals surface area (Å²) in [5.41, 5.74) is 1.82. The molecule has 0 unspecified atom stereocenters. The lowest BCUT2D eigenvalue weighted by Gasteiger charge is -2.06. The molecule has 2 aromatic rings. The molecule has 1 aromatic heterocycles. The summed E-state index contributed by atoms with van der Waals surface area (Å²) in [6.45, 7) is 1.94. The largest absolute Gasteiger partial charge is 0.497 e. The van der Waals surface area contributed by atoms with Gasteiger partial charge in [-0.1, -0.05) is 0 Å². The first-order valence-electron chi connectivity index (χ1n) is 4.49. The molecule has 0 aliphatic carbocycles. The Kier molecular flexibility index (Phi) is 2.52. The Morgan fingerprint density at radius 3 is 2.80 bits per heavy atom. The number of hydrogen-bond donors (Lipinski definition) is 1. The van der Waals surface area contributed by atoms with Crippen molar-refractivity contribution >= 4 is 26.8 Å². The number of methoxy groups -OCH3 is 1. The van der Waals surface area contributed by atoms with E-state index in [-0.39, 0.29) is 5.43 Å². The fourth-order valence-corrected chi connectivity index (χ4v) is 1.90. The Morgan fingerprint density at radius 1 is 1.40 bits per heavy atom. The van der Waals surface area contributed by atoms with Crippen LogP contribution in [0.25, 0.3) is 10.9 Å². The standard InChI is InChI=1S/C11H10BrNO2/c1-6-3-7(15-2)4-8-10(6)13-5-9(12)11(8)14/h3-5H,1-2H3,(H,13,14). The van der Waals surface area contributed by atoms with E-state index in [9.17, 15) is 4.79 Å². The third-order valence-corrected chi connectivity index (χ3v) is 2.94. The van der Waals surface area contributed by atoms with Crippen molar-refractivity contribution in [3.63, 3.8) is 0 Å². The van der Waals surface area contributed by atoms with E-state index in [0.29, 0.717) is 15.6 Å². The van der Waals surface area contributed by atoms with E-state index in [4.69, 9.17) is 4.74 Å². The molecule has 0 radical (unpaired) electrons. The van der Waals surface area contributed by atoms with Crippen molar-refractivity contribution in [2.75, 3.05) is 7.11 Å². The molecule has 0 aliphatic rings. The number of nitrogens with one attached hydrogen (secondary N) is 1. The maximum atomic E-state index is 11.8. The van der Waals surface area contributed by atoms with Gasteiger partial charge in [-0.15, -0.1) is 0 Å². The lowest BCUT2D eigenvalue weighted by atomic mass is 10.1. The van der Waals surface area contributed by atoms with Crippen LogP contribution in [-0.2, 0) is 0 Å². The molecule has 0 fully saturated rings. The van der Waals surface area contributed by atoms with Gasteiger partial charge < -0.3 is 9.72 Å². The van der Waals surface area contributed by atoms with E-state index in [0.717, 1.165) is 11.1 Å². The van der Waals surface area contributed by atoms with E-state index in [1.165, 1.54) is 0 Å². The van der Waals surface area contributed by atoms with Crippen LogP contribution in [0.3, 0.4) is 0 Å². The number of halogens is 1. The zero-order valence-electron chi connectivity index (χ0n) is 8.43. The molecule has 3 nitrogen and oxygen atoms in total. The summed E-state index contributed by atoms with van der Waals surface area (Å²) in [6.07, 6.45) is 1.66. The molecule has 0 bridgehead atoms. The smallest absolute Gasteiger partial charge is 0.203 e. The fourth-order valence-electron chi connectivity index (χ4n) is 1.57. The lowest BCUT2D eigenvalue weighted by Crippen LogP contribution is -2.04. The quantitative estimate of drug-likeness (QED) is 0.863. The number of ether oxygens (including phenoxy) is 1. The lowest BCUT2D eigenvalue weighted by molar-refractivity contribution is 0.415. The molecule has 4 heteroatoms. The van der Waals surface area contributed by atoms with Gasteiger partial charge >= 0.3 is 0 Å². The van der Waals surface area contributed by atoms with Gasteiger partial charge in [0.05, 0.1) is 22.5 Å². The molecule has 0 saturated carbocycles. The number of hydrogen-bond acceptors (Lipinski definition) is 2. The van der Waals surface area contributed by atoms with Crippen LogP contribution in [0.15, 0.2) is 27.6 Å². The monoisotopic (exact) mass is 267 g/mol. The Balaban J connectivity index is 2.93. The minimum absolute atomic E-state index is 0.0225. The summed E-state index contributed by atoms with van der Waals surface area (Å²) in [4.78, 5) is 14.9. The van der Waals surface area contributed by atoms with Crippen LogP contribution in [0.2, 0.25) is 0 Å². The predicted octanol–water partition coefficient (Wildman–Crippen LogP) is 2.61. The van der Waals surface area contributed by atoms with Crippen molar-refractivity contribution in [3.8, 4) is 5.75 Å². The molecular weight excluding hydrogens is 258 g/mol. The number of aryl methyl sites for hydroxylation is 1. The van der Waals surface area contributed by atoms with E-state index in [1.54, 1.807) is 19.4 Å². The average Bonchev–Trinajstić information content (AvgIpc) is 2.23. The third kappa shape index (κ3) is 1.65. The maximum Gasteiger partial charge on any atom is 0.203 e. The molecule has 78 valence electrons. The van der Waals surface area contributed by atoms with Gasteiger partial charge in [0.2, 0.25) is 5.43 Å². The molecule has 15 heavy (non-hydrogen) atoms. The zero-order chi connectivity index (χ0) is 11.0. The number of benzene rings is 1. The minimum Gasteiger partial charge on any atom is -0.497 e. The second-order valence-corrected chi connectivity index (χ2v) is 4.19. The van der Waals surface area contributed by atoms with Crippen LogP contribution in [0.4, 0.5) is 0 Å². The van der Waals surface area contributed by atoms with Crippen LogP contribution in [0.1, 0.15) is 5.56 Å². The first-order chi connectivity index (χ1) is 7.13. The highest BCUT2D eigenvalue weighted by molar-refractivity contribution is 9.10. The Labute approximate surface area is 95.2 Å². The predicted molar refractivity (Wildman–Crippen MR) is 63.6 cm³/mol. The first-order valence-corrected chi connectivity index (χ1v) is 5.28. The van der Waals surface area contributed by atoms with Crippen LogP contribution < -0.4 is 10.2 Å². The SMILES string of the molecule is COc1cc(C)c2[nH]cc(Br)c(=O)c2c1. The molecule has 2 rings (SSSR count). The number of fused-ring (bicyclic) bond motifs is 1. The number of rotatable bonds is 1. The average molecular weight is 268 g/mol. The van der Waals surface area contributed by atoms with Gasteiger partial charge in [0.15, 0.2) is 0 Å². The van der Waals surface area contributed by atoms with Crippen LogP contribution in [0.5, 0.6) is 5.75 Å². The molecule has 0 saturated heterocycles. The van der Waals surface area contributed by atoms with Gasteiger partial charge in [-0.2, -0.15) is 0 Å². The van der Waals surface area contributed by atoms with E-state index in [2.05, 4.69) is 20.9 Å². The number of aromatic amines is 1. The highest BCUT2D eigenvalue weighted by Crippen LogP contribution is 2.22.